The maximum absolute atomic E-state index is 12.5. The summed E-state index contributed by atoms with van der Waals surface area (Å²) in [4.78, 5) is 12.5. The van der Waals surface area contributed by atoms with Crippen molar-refractivity contribution >= 4 is 34.5 Å². The number of nitrogens with one attached hydrogen (secondary N) is 1. The molecular formula is C25H19ClN2O2. The second-order valence-electron chi connectivity index (χ2n) is 6.71. The van der Waals surface area contributed by atoms with Gasteiger partial charge in [-0.3, -0.25) is 4.79 Å². The Bertz CT molecular complexity index is 1180. The van der Waals surface area contributed by atoms with Gasteiger partial charge in [0.25, 0.3) is 5.91 Å². The average molecular weight is 415 g/mol. The van der Waals surface area contributed by atoms with E-state index in [9.17, 15) is 4.79 Å². The number of hydrazone groups is 1. The molecule has 0 saturated heterocycles. The van der Waals surface area contributed by atoms with E-state index in [4.69, 9.17) is 16.3 Å². The highest BCUT2D eigenvalue weighted by atomic mass is 35.5. The molecule has 0 aromatic heterocycles. The normalized spacial score (nSPS) is 11.0. The predicted octanol–water partition coefficient (Wildman–Crippen LogP) is 5.84. The number of carbonyl (C=O) groups excluding carboxylic acids is 1. The minimum atomic E-state index is -0.244. The number of ether oxygens (including phenoxy) is 1. The van der Waals surface area contributed by atoms with Gasteiger partial charge in [-0.1, -0.05) is 60.1 Å². The summed E-state index contributed by atoms with van der Waals surface area (Å²) in [6.45, 7) is 0.464. The molecule has 5 heteroatoms. The Balaban J connectivity index is 1.35. The molecule has 148 valence electrons. The van der Waals surface area contributed by atoms with Crippen LogP contribution in [0.25, 0.3) is 10.8 Å². The van der Waals surface area contributed by atoms with Crippen molar-refractivity contribution in [1.29, 1.82) is 0 Å². The Morgan fingerprint density at radius 1 is 0.900 bits per heavy atom. The topological polar surface area (TPSA) is 50.7 Å². The van der Waals surface area contributed by atoms with Crippen molar-refractivity contribution in [3.05, 3.63) is 113 Å². The molecule has 0 aliphatic carbocycles. The molecule has 0 atom stereocenters. The zero-order chi connectivity index (χ0) is 20.8. The summed E-state index contributed by atoms with van der Waals surface area (Å²) < 4.78 is 5.77. The van der Waals surface area contributed by atoms with Crippen molar-refractivity contribution in [2.24, 2.45) is 5.10 Å². The lowest BCUT2D eigenvalue weighted by molar-refractivity contribution is 0.0957. The first-order valence-electron chi connectivity index (χ1n) is 9.47. The summed E-state index contributed by atoms with van der Waals surface area (Å²) in [5.74, 6) is 0.507. The molecule has 0 spiro atoms. The van der Waals surface area contributed by atoms with Gasteiger partial charge in [0, 0.05) is 10.6 Å². The fourth-order valence-corrected chi connectivity index (χ4v) is 3.17. The van der Waals surface area contributed by atoms with E-state index in [2.05, 4.69) is 10.5 Å². The number of nitrogens with zero attached hydrogens (tertiary/aromatic N) is 1. The zero-order valence-electron chi connectivity index (χ0n) is 16.1. The molecule has 4 nitrogen and oxygen atoms in total. The molecule has 1 N–H and O–H groups in total. The zero-order valence-corrected chi connectivity index (χ0v) is 16.8. The number of rotatable bonds is 6. The van der Waals surface area contributed by atoms with E-state index in [0.29, 0.717) is 17.2 Å². The van der Waals surface area contributed by atoms with E-state index < -0.39 is 0 Å². The van der Waals surface area contributed by atoms with E-state index in [-0.39, 0.29) is 5.91 Å². The third kappa shape index (κ3) is 4.85. The van der Waals surface area contributed by atoms with E-state index in [1.807, 2.05) is 84.9 Å². The van der Waals surface area contributed by atoms with Crippen LogP contribution in [0.3, 0.4) is 0 Å². The summed E-state index contributed by atoms with van der Waals surface area (Å²) in [5, 5.41) is 6.70. The highest BCUT2D eigenvalue weighted by Gasteiger charge is 2.08. The number of hydrogen-bond acceptors (Lipinski definition) is 3. The van der Waals surface area contributed by atoms with Gasteiger partial charge in [-0.15, -0.1) is 0 Å². The Kier molecular flexibility index (Phi) is 6.06. The number of benzene rings is 4. The van der Waals surface area contributed by atoms with E-state index in [0.717, 1.165) is 27.6 Å². The molecule has 0 fully saturated rings. The van der Waals surface area contributed by atoms with Crippen LogP contribution in [-0.2, 0) is 6.61 Å². The SMILES string of the molecule is O=C(NN=Cc1ccc(OCc2ccc(Cl)cc2)cc1)c1cccc2ccccc12. The molecule has 0 unspecified atom stereocenters. The van der Waals surface area contributed by atoms with Gasteiger partial charge in [-0.25, -0.2) is 5.43 Å². The van der Waals surface area contributed by atoms with Crippen molar-refractivity contribution in [3.63, 3.8) is 0 Å². The minimum absolute atomic E-state index is 0.244. The van der Waals surface area contributed by atoms with Gasteiger partial charge in [0.05, 0.1) is 6.21 Å². The first kappa shape index (κ1) is 19.7. The summed E-state index contributed by atoms with van der Waals surface area (Å²) in [6, 6.07) is 28.4. The van der Waals surface area contributed by atoms with Gasteiger partial charge in [0.2, 0.25) is 0 Å². The minimum Gasteiger partial charge on any atom is -0.489 e. The second-order valence-corrected chi connectivity index (χ2v) is 7.15. The summed E-state index contributed by atoms with van der Waals surface area (Å²) in [6.07, 6.45) is 1.60. The number of carbonyl (C=O) groups is 1. The lowest BCUT2D eigenvalue weighted by Crippen LogP contribution is -2.17. The molecule has 30 heavy (non-hydrogen) atoms. The Labute approximate surface area is 179 Å². The standard InChI is InChI=1S/C25H19ClN2O2/c26-21-12-8-19(9-13-21)17-30-22-14-10-18(11-15-22)16-27-28-25(29)24-7-3-5-20-4-1-2-6-23(20)24/h1-16H,17H2,(H,28,29). The Morgan fingerprint density at radius 3 is 2.43 bits per heavy atom. The fraction of sp³-hybridized carbons (Fsp3) is 0.0400. The van der Waals surface area contributed by atoms with Crippen LogP contribution < -0.4 is 10.2 Å². The molecule has 4 aromatic carbocycles. The van der Waals surface area contributed by atoms with Crippen molar-refractivity contribution in [3.8, 4) is 5.75 Å². The largest absolute Gasteiger partial charge is 0.489 e. The van der Waals surface area contributed by atoms with Crippen molar-refractivity contribution in [2.45, 2.75) is 6.61 Å². The Morgan fingerprint density at radius 2 is 1.63 bits per heavy atom. The van der Waals surface area contributed by atoms with Crippen molar-refractivity contribution < 1.29 is 9.53 Å². The van der Waals surface area contributed by atoms with Gasteiger partial charge in [0.15, 0.2) is 0 Å². The van der Waals surface area contributed by atoms with Gasteiger partial charge in [0.1, 0.15) is 12.4 Å². The summed E-state index contributed by atoms with van der Waals surface area (Å²) in [7, 11) is 0. The highest BCUT2D eigenvalue weighted by molar-refractivity contribution is 6.30. The molecule has 0 aliphatic heterocycles. The Hall–Kier alpha value is -3.63. The van der Waals surface area contributed by atoms with E-state index in [1.54, 1.807) is 12.3 Å². The third-order valence-electron chi connectivity index (χ3n) is 4.61. The molecule has 4 aromatic rings. The van der Waals surface area contributed by atoms with E-state index in [1.165, 1.54) is 0 Å². The smallest absolute Gasteiger partial charge is 0.271 e. The maximum Gasteiger partial charge on any atom is 0.271 e. The lowest BCUT2D eigenvalue weighted by Gasteiger charge is -2.07. The van der Waals surface area contributed by atoms with E-state index >= 15 is 0 Å². The first-order chi connectivity index (χ1) is 14.7. The van der Waals surface area contributed by atoms with Gasteiger partial charge in [-0.2, -0.15) is 5.10 Å². The second kappa shape index (κ2) is 9.25. The molecule has 0 bridgehead atoms. The molecule has 4 rings (SSSR count). The van der Waals surface area contributed by atoms with Crippen LogP contribution in [0.2, 0.25) is 5.02 Å². The van der Waals surface area contributed by atoms with Crippen LogP contribution in [0.4, 0.5) is 0 Å². The molecule has 1 amide bonds. The first-order valence-corrected chi connectivity index (χ1v) is 9.85. The lowest BCUT2D eigenvalue weighted by atomic mass is 10.0. The van der Waals surface area contributed by atoms with Crippen molar-refractivity contribution in [1.82, 2.24) is 5.43 Å². The summed E-state index contributed by atoms with van der Waals surface area (Å²) >= 11 is 5.89. The summed E-state index contributed by atoms with van der Waals surface area (Å²) in [5.41, 5.74) is 5.08. The molecule has 0 heterocycles. The maximum atomic E-state index is 12.5. The third-order valence-corrected chi connectivity index (χ3v) is 4.86. The molecule has 0 saturated carbocycles. The number of fused-ring (bicyclic) bond motifs is 1. The quantitative estimate of drug-likeness (QED) is 0.318. The van der Waals surface area contributed by atoms with Crippen molar-refractivity contribution in [2.75, 3.05) is 0 Å². The average Bonchev–Trinajstić information content (AvgIpc) is 2.79. The van der Waals surface area contributed by atoms with Crippen LogP contribution in [0.1, 0.15) is 21.5 Å². The molecule has 0 radical (unpaired) electrons. The number of amides is 1. The molecule has 0 aliphatic rings. The van der Waals surface area contributed by atoms with Gasteiger partial charge >= 0.3 is 0 Å². The van der Waals surface area contributed by atoms with Crippen LogP contribution in [-0.4, -0.2) is 12.1 Å². The monoisotopic (exact) mass is 414 g/mol. The van der Waals surface area contributed by atoms with Crippen LogP contribution >= 0.6 is 11.6 Å². The predicted molar refractivity (Wildman–Crippen MR) is 121 cm³/mol. The van der Waals surface area contributed by atoms with Crippen LogP contribution in [0.15, 0.2) is 96.1 Å². The fourth-order valence-electron chi connectivity index (χ4n) is 3.05. The van der Waals surface area contributed by atoms with Crippen LogP contribution in [0, 0.1) is 0 Å². The van der Waals surface area contributed by atoms with Crippen LogP contribution in [0.5, 0.6) is 5.75 Å². The molecular weight excluding hydrogens is 396 g/mol. The number of hydrogen-bond donors (Lipinski definition) is 1. The van der Waals surface area contributed by atoms with Gasteiger partial charge < -0.3 is 4.74 Å². The number of halogens is 1. The highest BCUT2D eigenvalue weighted by Crippen LogP contribution is 2.18. The van der Waals surface area contributed by atoms with Gasteiger partial charge in [-0.05, 0) is 64.4 Å².